The third-order valence-electron chi connectivity index (χ3n) is 3.76. The Bertz CT molecular complexity index is 841. The molecule has 0 saturated heterocycles. The van der Waals surface area contributed by atoms with E-state index in [1.54, 1.807) is 6.20 Å². The number of benzene rings is 2. The average Bonchev–Trinajstić information content (AvgIpc) is 2.96. The van der Waals surface area contributed by atoms with Crippen molar-refractivity contribution in [3.8, 4) is 0 Å². The van der Waals surface area contributed by atoms with Gasteiger partial charge in [-0.1, -0.05) is 47.5 Å². The van der Waals surface area contributed by atoms with E-state index in [0.717, 1.165) is 16.5 Å². The van der Waals surface area contributed by atoms with Crippen molar-refractivity contribution in [1.29, 1.82) is 0 Å². The highest BCUT2D eigenvalue weighted by atomic mass is 35.5. The molecule has 4 nitrogen and oxygen atoms in total. The second kappa shape index (κ2) is 6.84. The zero-order valence-corrected chi connectivity index (χ0v) is 13.7. The lowest BCUT2D eigenvalue weighted by molar-refractivity contribution is -0.121. The van der Waals surface area contributed by atoms with Crippen LogP contribution >= 0.6 is 11.6 Å². The van der Waals surface area contributed by atoms with Crippen molar-refractivity contribution >= 4 is 28.4 Å². The topological polar surface area (TPSA) is 46.9 Å². The smallest absolute Gasteiger partial charge is 0.222 e. The molecule has 1 aromatic heterocycles. The largest absolute Gasteiger partial charge is 0.352 e. The molecule has 0 aliphatic carbocycles. The zero-order valence-electron chi connectivity index (χ0n) is 12.9. The van der Waals surface area contributed by atoms with Crippen LogP contribution in [-0.4, -0.2) is 15.7 Å². The van der Waals surface area contributed by atoms with Crippen LogP contribution in [0.1, 0.15) is 17.5 Å². The van der Waals surface area contributed by atoms with E-state index >= 15 is 0 Å². The molecule has 0 atom stereocenters. The molecule has 118 valence electrons. The first-order chi connectivity index (χ1) is 11.1. The van der Waals surface area contributed by atoms with Crippen LogP contribution in [-0.2, 0) is 17.9 Å². The zero-order chi connectivity index (χ0) is 16.2. The predicted molar refractivity (Wildman–Crippen MR) is 92.4 cm³/mol. The minimum absolute atomic E-state index is 0.0113. The molecule has 0 radical (unpaired) electrons. The number of aryl methyl sites for hydroxylation is 2. The van der Waals surface area contributed by atoms with Crippen molar-refractivity contribution in [3.63, 3.8) is 0 Å². The van der Waals surface area contributed by atoms with Crippen LogP contribution in [0.15, 0.2) is 48.7 Å². The highest BCUT2D eigenvalue weighted by molar-refractivity contribution is 6.35. The van der Waals surface area contributed by atoms with Gasteiger partial charge in [0.2, 0.25) is 5.91 Å². The Labute approximate surface area is 140 Å². The molecule has 2 aromatic carbocycles. The number of hydrogen-bond donors (Lipinski definition) is 1. The van der Waals surface area contributed by atoms with E-state index < -0.39 is 0 Å². The SMILES string of the molecule is Cc1cccc(CNC(=O)CCn2ncc3c(Cl)cccc32)c1. The Morgan fingerprint density at radius 3 is 2.91 bits per heavy atom. The summed E-state index contributed by atoms with van der Waals surface area (Å²) in [6.45, 7) is 3.12. The Balaban J connectivity index is 1.57. The number of amides is 1. The molecule has 0 saturated carbocycles. The molecule has 5 heteroatoms. The van der Waals surface area contributed by atoms with Crippen LogP contribution in [0.5, 0.6) is 0 Å². The van der Waals surface area contributed by atoms with Gasteiger partial charge in [0.15, 0.2) is 0 Å². The van der Waals surface area contributed by atoms with Crippen molar-refractivity contribution in [2.24, 2.45) is 0 Å². The van der Waals surface area contributed by atoms with Crippen LogP contribution in [0.2, 0.25) is 5.02 Å². The normalized spacial score (nSPS) is 10.9. The van der Waals surface area contributed by atoms with E-state index in [0.29, 0.717) is 24.5 Å². The lowest BCUT2D eigenvalue weighted by atomic mass is 10.1. The fourth-order valence-corrected chi connectivity index (χ4v) is 2.78. The number of rotatable bonds is 5. The van der Waals surface area contributed by atoms with Crippen molar-refractivity contribution in [1.82, 2.24) is 15.1 Å². The molecule has 0 aliphatic heterocycles. The quantitative estimate of drug-likeness (QED) is 0.776. The Kier molecular flexibility index (Phi) is 4.63. The number of nitrogens with one attached hydrogen (secondary N) is 1. The number of hydrogen-bond acceptors (Lipinski definition) is 2. The van der Waals surface area contributed by atoms with Gasteiger partial charge in [-0.05, 0) is 24.6 Å². The van der Waals surface area contributed by atoms with Crippen LogP contribution < -0.4 is 5.32 Å². The molecule has 0 spiro atoms. The summed E-state index contributed by atoms with van der Waals surface area (Å²) in [4.78, 5) is 12.0. The van der Waals surface area contributed by atoms with E-state index in [1.807, 2.05) is 48.0 Å². The maximum Gasteiger partial charge on any atom is 0.222 e. The first-order valence-corrected chi connectivity index (χ1v) is 7.93. The van der Waals surface area contributed by atoms with Crippen LogP contribution in [0.3, 0.4) is 0 Å². The van der Waals surface area contributed by atoms with Crippen molar-refractivity contribution in [3.05, 3.63) is 64.8 Å². The summed E-state index contributed by atoms with van der Waals surface area (Å²) in [7, 11) is 0. The van der Waals surface area contributed by atoms with E-state index in [4.69, 9.17) is 11.6 Å². The van der Waals surface area contributed by atoms with Gasteiger partial charge in [0.1, 0.15) is 0 Å². The van der Waals surface area contributed by atoms with E-state index in [1.165, 1.54) is 5.56 Å². The summed E-state index contributed by atoms with van der Waals surface area (Å²) >= 11 is 6.13. The summed E-state index contributed by atoms with van der Waals surface area (Å²) in [5.74, 6) is 0.0113. The maximum absolute atomic E-state index is 12.0. The van der Waals surface area contributed by atoms with Gasteiger partial charge < -0.3 is 5.32 Å². The van der Waals surface area contributed by atoms with Crippen molar-refractivity contribution < 1.29 is 4.79 Å². The van der Waals surface area contributed by atoms with Crippen molar-refractivity contribution in [2.45, 2.75) is 26.4 Å². The molecule has 1 heterocycles. The van der Waals surface area contributed by atoms with Crippen molar-refractivity contribution in [2.75, 3.05) is 0 Å². The number of carbonyl (C=O) groups excluding carboxylic acids is 1. The minimum atomic E-state index is 0.0113. The highest BCUT2D eigenvalue weighted by Crippen LogP contribution is 2.22. The second-order valence-electron chi connectivity index (χ2n) is 5.56. The van der Waals surface area contributed by atoms with Gasteiger partial charge >= 0.3 is 0 Å². The molecule has 23 heavy (non-hydrogen) atoms. The number of nitrogens with zero attached hydrogens (tertiary/aromatic N) is 2. The first kappa shape index (κ1) is 15.6. The third-order valence-corrected chi connectivity index (χ3v) is 4.09. The lowest BCUT2D eigenvalue weighted by Crippen LogP contribution is -2.24. The molecule has 1 amide bonds. The maximum atomic E-state index is 12.0. The summed E-state index contributed by atoms with van der Waals surface area (Å²) in [6, 6.07) is 13.8. The van der Waals surface area contributed by atoms with Gasteiger partial charge in [0, 0.05) is 18.4 Å². The van der Waals surface area contributed by atoms with Gasteiger partial charge in [0.25, 0.3) is 0 Å². The minimum Gasteiger partial charge on any atom is -0.352 e. The first-order valence-electron chi connectivity index (χ1n) is 7.56. The second-order valence-corrected chi connectivity index (χ2v) is 5.96. The standard InChI is InChI=1S/C18H18ClN3O/c1-13-4-2-5-14(10-13)11-20-18(23)8-9-22-17-7-3-6-16(19)15(17)12-21-22/h2-7,10,12H,8-9,11H2,1H3,(H,20,23). The molecule has 0 unspecified atom stereocenters. The molecule has 0 bridgehead atoms. The van der Waals surface area contributed by atoms with Gasteiger partial charge in [-0.3, -0.25) is 9.48 Å². The van der Waals surface area contributed by atoms with Gasteiger partial charge in [-0.15, -0.1) is 0 Å². The Morgan fingerprint density at radius 1 is 1.26 bits per heavy atom. The lowest BCUT2D eigenvalue weighted by Gasteiger charge is -2.07. The third kappa shape index (κ3) is 3.71. The summed E-state index contributed by atoms with van der Waals surface area (Å²) in [5, 5.41) is 8.84. The van der Waals surface area contributed by atoms with E-state index in [9.17, 15) is 4.79 Å². The van der Waals surface area contributed by atoms with E-state index in [2.05, 4.69) is 16.5 Å². The monoisotopic (exact) mass is 327 g/mol. The van der Waals surface area contributed by atoms with Crippen LogP contribution in [0.4, 0.5) is 0 Å². The predicted octanol–water partition coefficient (Wildman–Crippen LogP) is 3.70. The van der Waals surface area contributed by atoms with Crippen LogP contribution in [0.25, 0.3) is 10.9 Å². The molecule has 3 aromatic rings. The summed E-state index contributed by atoms with van der Waals surface area (Å²) in [5.41, 5.74) is 3.25. The number of fused-ring (bicyclic) bond motifs is 1. The van der Waals surface area contributed by atoms with Gasteiger partial charge in [0.05, 0.1) is 23.3 Å². The van der Waals surface area contributed by atoms with Crippen LogP contribution in [0, 0.1) is 6.92 Å². The number of aromatic nitrogens is 2. The summed E-state index contributed by atoms with van der Waals surface area (Å²) in [6.07, 6.45) is 2.12. The Morgan fingerprint density at radius 2 is 2.09 bits per heavy atom. The highest BCUT2D eigenvalue weighted by Gasteiger charge is 2.07. The van der Waals surface area contributed by atoms with Gasteiger partial charge in [-0.2, -0.15) is 5.10 Å². The fourth-order valence-electron chi connectivity index (χ4n) is 2.56. The Hall–Kier alpha value is -2.33. The molecular weight excluding hydrogens is 310 g/mol. The molecular formula is C18H18ClN3O. The molecule has 3 rings (SSSR count). The van der Waals surface area contributed by atoms with E-state index in [-0.39, 0.29) is 5.91 Å². The molecule has 0 fully saturated rings. The number of halogens is 1. The average molecular weight is 328 g/mol. The fraction of sp³-hybridized carbons (Fsp3) is 0.222. The molecule has 1 N–H and O–H groups in total. The number of carbonyl (C=O) groups is 1. The molecule has 0 aliphatic rings. The summed E-state index contributed by atoms with van der Waals surface area (Å²) < 4.78 is 1.81. The van der Waals surface area contributed by atoms with Gasteiger partial charge in [-0.25, -0.2) is 0 Å².